The van der Waals surface area contributed by atoms with E-state index in [2.05, 4.69) is 0 Å². The van der Waals surface area contributed by atoms with Crippen molar-refractivity contribution in [3.8, 4) is 0 Å². The molecule has 1 fully saturated rings. The Kier molecular flexibility index (Phi) is 4.80. The van der Waals surface area contributed by atoms with Crippen LogP contribution in [0.3, 0.4) is 0 Å². The van der Waals surface area contributed by atoms with E-state index in [0.717, 1.165) is 11.3 Å². The first-order chi connectivity index (χ1) is 9.26. The minimum atomic E-state index is -3.67. The van der Waals surface area contributed by atoms with Crippen LogP contribution in [0.25, 0.3) is 0 Å². The van der Waals surface area contributed by atoms with Crippen molar-refractivity contribution >= 4 is 42.8 Å². The Balaban J connectivity index is 2.33. The molecule has 5 nitrogen and oxygen atoms in total. The molecular formula is C11H16ClNO4S3. The summed E-state index contributed by atoms with van der Waals surface area (Å²) in [6.07, 6.45) is 0.996. The lowest BCUT2D eigenvalue weighted by Crippen LogP contribution is -2.41. The molecule has 1 unspecified atom stereocenters. The second-order valence-corrected chi connectivity index (χ2v) is 10.8. The van der Waals surface area contributed by atoms with Crippen LogP contribution < -0.4 is 0 Å². The molecule has 1 aromatic rings. The maximum absolute atomic E-state index is 12.6. The van der Waals surface area contributed by atoms with Crippen molar-refractivity contribution in [1.29, 1.82) is 0 Å². The predicted molar refractivity (Wildman–Crippen MR) is 80.6 cm³/mol. The fraction of sp³-hybridized carbons (Fsp3) is 0.636. The molecule has 0 aliphatic carbocycles. The molecule has 0 bridgehead atoms. The van der Waals surface area contributed by atoms with Gasteiger partial charge in [0, 0.05) is 12.6 Å². The normalized spacial score (nSPS) is 22.4. The molecule has 1 aliphatic heterocycles. The van der Waals surface area contributed by atoms with Crippen LogP contribution in [0.5, 0.6) is 0 Å². The Morgan fingerprint density at radius 2 is 2.15 bits per heavy atom. The topological polar surface area (TPSA) is 71.5 Å². The number of hydrogen-bond acceptors (Lipinski definition) is 5. The van der Waals surface area contributed by atoms with Gasteiger partial charge in [0.15, 0.2) is 9.84 Å². The van der Waals surface area contributed by atoms with E-state index < -0.39 is 25.9 Å². The zero-order valence-corrected chi connectivity index (χ0v) is 14.2. The molecule has 2 heterocycles. The van der Waals surface area contributed by atoms with Gasteiger partial charge in [-0.05, 0) is 25.0 Å². The fourth-order valence-corrected chi connectivity index (χ4v) is 7.46. The first kappa shape index (κ1) is 16.2. The van der Waals surface area contributed by atoms with Gasteiger partial charge < -0.3 is 0 Å². The highest BCUT2D eigenvalue weighted by molar-refractivity contribution is 7.92. The first-order valence-electron chi connectivity index (χ1n) is 6.24. The van der Waals surface area contributed by atoms with Crippen LogP contribution in [0, 0.1) is 0 Å². The van der Waals surface area contributed by atoms with Gasteiger partial charge in [0.1, 0.15) is 4.21 Å². The van der Waals surface area contributed by atoms with Gasteiger partial charge in [0.2, 0.25) is 0 Å². The summed E-state index contributed by atoms with van der Waals surface area (Å²) >= 11 is 6.79. The molecule has 0 N–H and O–H groups in total. The number of thiophene rings is 1. The standard InChI is InChI=1S/C11H16ClNO4S3/c1-2-6-13(9-5-7-19(14,15)8-9)20(16,17)11-4-3-10(12)18-11/h3-4,9H,2,5-8H2,1H3. The molecular weight excluding hydrogens is 342 g/mol. The highest BCUT2D eigenvalue weighted by atomic mass is 35.5. The van der Waals surface area contributed by atoms with E-state index in [-0.39, 0.29) is 15.7 Å². The quantitative estimate of drug-likeness (QED) is 0.807. The molecule has 0 radical (unpaired) electrons. The SMILES string of the molecule is CCCN(C1CCS(=O)(=O)C1)S(=O)(=O)c1ccc(Cl)s1. The van der Waals surface area contributed by atoms with Crippen LogP contribution in [0.2, 0.25) is 4.34 Å². The number of rotatable bonds is 5. The van der Waals surface area contributed by atoms with Crippen LogP contribution in [-0.4, -0.2) is 45.2 Å². The van der Waals surface area contributed by atoms with E-state index in [1.54, 1.807) is 0 Å². The van der Waals surface area contributed by atoms with Crippen molar-refractivity contribution in [3.63, 3.8) is 0 Å². The summed E-state index contributed by atoms with van der Waals surface area (Å²) in [6, 6.07) is 2.54. The van der Waals surface area contributed by atoms with Gasteiger partial charge in [0.05, 0.1) is 15.8 Å². The highest BCUT2D eigenvalue weighted by Crippen LogP contribution is 2.31. The molecule has 0 amide bonds. The zero-order valence-electron chi connectivity index (χ0n) is 11.0. The predicted octanol–water partition coefficient (Wildman–Crippen LogP) is 1.99. The van der Waals surface area contributed by atoms with E-state index >= 15 is 0 Å². The maximum Gasteiger partial charge on any atom is 0.252 e. The third-order valence-corrected chi connectivity index (χ3v) is 8.57. The Bertz CT molecular complexity index is 680. The van der Waals surface area contributed by atoms with Gasteiger partial charge in [-0.1, -0.05) is 18.5 Å². The van der Waals surface area contributed by atoms with Crippen LogP contribution in [0.15, 0.2) is 16.3 Å². The second-order valence-electron chi connectivity index (χ2n) is 4.73. The van der Waals surface area contributed by atoms with Crippen molar-refractivity contribution < 1.29 is 16.8 Å². The second kappa shape index (κ2) is 5.92. The molecule has 1 aromatic heterocycles. The highest BCUT2D eigenvalue weighted by Gasteiger charge is 2.38. The average molecular weight is 358 g/mol. The summed E-state index contributed by atoms with van der Waals surface area (Å²) < 4.78 is 50.3. The van der Waals surface area contributed by atoms with Crippen LogP contribution in [0.4, 0.5) is 0 Å². The number of sulfone groups is 1. The number of nitrogens with zero attached hydrogens (tertiary/aromatic N) is 1. The van der Waals surface area contributed by atoms with Gasteiger partial charge in [-0.2, -0.15) is 4.31 Å². The van der Waals surface area contributed by atoms with E-state index in [9.17, 15) is 16.8 Å². The molecule has 0 spiro atoms. The Morgan fingerprint density at radius 1 is 1.45 bits per heavy atom. The summed E-state index contributed by atoms with van der Waals surface area (Å²) in [5.41, 5.74) is 0. The molecule has 9 heteroatoms. The Morgan fingerprint density at radius 3 is 2.60 bits per heavy atom. The monoisotopic (exact) mass is 357 g/mol. The molecule has 20 heavy (non-hydrogen) atoms. The van der Waals surface area contributed by atoms with Crippen molar-refractivity contribution in [1.82, 2.24) is 4.31 Å². The van der Waals surface area contributed by atoms with E-state index in [1.807, 2.05) is 6.92 Å². The summed E-state index contributed by atoms with van der Waals surface area (Å²) in [5.74, 6) is -0.0378. The number of sulfonamides is 1. The fourth-order valence-electron chi connectivity index (χ4n) is 2.27. The Labute approximate surface area is 128 Å². The molecule has 1 saturated heterocycles. The lowest BCUT2D eigenvalue weighted by molar-refractivity contribution is 0.341. The van der Waals surface area contributed by atoms with Crippen molar-refractivity contribution in [3.05, 3.63) is 16.5 Å². The lowest BCUT2D eigenvalue weighted by Gasteiger charge is -2.26. The van der Waals surface area contributed by atoms with Gasteiger partial charge in [0.25, 0.3) is 10.0 Å². The molecule has 0 saturated carbocycles. The van der Waals surface area contributed by atoms with Crippen molar-refractivity contribution in [2.45, 2.75) is 30.0 Å². The number of halogens is 1. The zero-order chi connectivity index (χ0) is 15.0. The molecule has 1 atom stereocenters. The molecule has 1 aliphatic rings. The number of hydrogen-bond donors (Lipinski definition) is 0. The van der Waals surface area contributed by atoms with Crippen LogP contribution in [0.1, 0.15) is 19.8 Å². The van der Waals surface area contributed by atoms with Gasteiger partial charge in [-0.25, -0.2) is 16.8 Å². The minimum Gasteiger partial charge on any atom is -0.229 e. The summed E-state index contributed by atoms with van der Waals surface area (Å²) in [6.45, 7) is 2.19. The average Bonchev–Trinajstić information content (AvgIpc) is 2.92. The van der Waals surface area contributed by atoms with Crippen LogP contribution in [-0.2, 0) is 19.9 Å². The lowest BCUT2D eigenvalue weighted by atomic mass is 10.2. The summed E-state index contributed by atoms with van der Waals surface area (Å²) in [5, 5.41) is 0. The molecule has 114 valence electrons. The van der Waals surface area contributed by atoms with E-state index in [0.29, 0.717) is 23.7 Å². The van der Waals surface area contributed by atoms with Gasteiger partial charge >= 0.3 is 0 Å². The van der Waals surface area contributed by atoms with E-state index in [1.165, 1.54) is 16.4 Å². The van der Waals surface area contributed by atoms with Crippen molar-refractivity contribution in [2.24, 2.45) is 0 Å². The first-order valence-corrected chi connectivity index (χ1v) is 10.7. The largest absolute Gasteiger partial charge is 0.252 e. The van der Waals surface area contributed by atoms with Crippen LogP contribution >= 0.6 is 22.9 Å². The molecule has 0 aromatic carbocycles. The molecule has 2 rings (SSSR count). The van der Waals surface area contributed by atoms with Gasteiger partial charge in [-0.15, -0.1) is 11.3 Å². The smallest absolute Gasteiger partial charge is 0.229 e. The van der Waals surface area contributed by atoms with E-state index in [4.69, 9.17) is 11.6 Å². The summed E-state index contributed by atoms with van der Waals surface area (Å²) in [4.78, 5) is 0. The third-order valence-electron chi connectivity index (χ3n) is 3.17. The minimum absolute atomic E-state index is 0.0542. The van der Waals surface area contributed by atoms with Crippen molar-refractivity contribution in [2.75, 3.05) is 18.1 Å². The third kappa shape index (κ3) is 3.36. The maximum atomic E-state index is 12.6. The van der Waals surface area contributed by atoms with Gasteiger partial charge in [-0.3, -0.25) is 0 Å². The Hall–Kier alpha value is -0.150. The summed E-state index contributed by atoms with van der Waals surface area (Å²) in [7, 11) is -6.80.